The zero-order valence-corrected chi connectivity index (χ0v) is 9.78. The average Bonchev–Trinajstić information content (AvgIpc) is 2.38. The highest BCUT2D eigenvalue weighted by molar-refractivity contribution is 7.98. The summed E-state index contributed by atoms with van der Waals surface area (Å²) in [7, 11) is 0. The SMILES string of the molecule is NCc1ccc(CSc2ccccn2)cc1. The second-order valence-corrected chi connectivity index (χ2v) is 4.47. The summed E-state index contributed by atoms with van der Waals surface area (Å²) in [5.41, 5.74) is 8.02. The second-order valence-electron chi connectivity index (χ2n) is 3.48. The Kier molecular flexibility index (Phi) is 3.97. The van der Waals surface area contributed by atoms with Crippen molar-refractivity contribution in [1.29, 1.82) is 0 Å². The quantitative estimate of drug-likeness (QED) is 0.821. The average molecular weight is 230 g/mol. The van der Waals surface area contributed by atoms with E-state index in [1.807, 2.05) is 24.4 Å². The Morgan fingerprint density at radius 3 is 2.38 bits per heavy atom. The first-order valence-corrected chi connectivity index (χ1v) is 6.19. The van der Waals surface area contributed by atoms with E-state index in [-0.39, 0.29) is 0 Å². The van der Waals surface area contributed by atoms with Gasteiger partial charge in [-0.3, -0.25) is 0 Å². The van der Waals surface area contributed by atoms with Crippen LogP contribution in [0.5, 0.6) is 0 Å². The minimum Gasteiger partial charge on any atom is -0.326 e. The van der Waals surface area contributed by atoms with Crippen LogP contribution in [0.25, 0.3) is 0 Å². The molecule has 0 spiro atoms. The molecule has 3 heteroatoms. The summed E-state index contributed by atoms with van der Waals surface area (Å²) in [4.78, 5) is 4.27. The fourth-order valence-electron chi connectivity index (χ4n) is 1.36. The number of aromatic nitrogens is 1. The van der Waals surface area contributed by atoms with Crippen LogP contribution < -0.4 is 5.73 Å². The van der Waals surface area contributed by atoms with E-state index < -0.39 is 0 Å². The first-order valence-electron chi connectivity index (χ1n) is 5.20. The molecule has 0 aliphatic rings. The van der Waals surface area contributed by atoms with Crippen LogP contribution in [0.1, 0.15) is 11.1 Å². The Labute approximate surface area is 99.9 Å². The van der Waals surface area contributed by atoms with E-state index in [4.69, 9.17) is 5.73 Å². The number of thioether (sulfide) groups is 1. The third-order valence-corrected chi connectivity index (χ3v) is 3.30. The first kappa shape index (κ1) is 11.2. The predicted octanol–water partition coefficient (Wildman–Crippen LogP) is 2.83. The number of nitrogens with two attached hydrogens (primary N) is 1. The molecule has 0 saturated carbocycles. The van der Waals surface area contributed by atoms with Crippen molar-refractivity contribution >= 4 is 11.8 Å². The molecule has 0 fully saturated rings. The molecule has 0 aliphatic heterocycles. The number of pyridine rings is 1. The van der Waals surface area contributed by atoms with Crippen molar-refractivity contribution in [2.75, 3.05) is 0 Å². The molecule has 1 heterocycles. The van der Waals surface area contributed by atoms with Gasteiger partial charge in [-0.15, -0.1) is 11.8 Å². The molecule has 0 radical (unpaired) electrons. The minimum atomic E-state index is 0.605. The van der Waals surface area contributed by atoms with E-state index >= 15 is 0 Å². The van der Waals surface area contributed by atoms with E-state index in [1.165, 1.54) is 11.1 Å². The van der Waals surface area contributed by atoms with E-state index in [0.29, 0.717) is 6.54 Å². The van der Waals surface area contributed by atoms with E-state index in [2.05, 4.69) is 29.2 Å². The monoisotopic (exact) mass is 230 g/mol. The molecule has 2 nitrogen and oxygen atoms in total. The number of hydrogen-bond donors (Lipinski definition) is 1. The summed E-state index contributed by atoms with van der Waals surface area (Å²) in [6, 6.07) is 14.4. The molecule has 0 aliphatic carbocycles. The largest absolute Gasteiger partial charge is 0.326 e. The molecular formula is C13H14N2S. The maximum Gasteiger partial charge on any atom is 0.0963 e. The Balaban J connectivity index is 1.94. The first-order chi connectivity index (χ1) is 7.88. The van der Waals surface area contributed by atoms with E-state index in [9.17, 15) is 0 Å². The van der Waals surface area contributed by atoms with Crippen LogP contribution in [-0.2, 0) is 12.3 Å². The summed E-state index contributed by atoms with van der Waals surface area (Å²) in [6.45, 7) is 0.605. The summed E-state index contributed by atoms with van der Waals surface area (Å²) < 4.78 is 0. The molecule has 82 valence electrons. The second kappa shape index (κ2) is 5.68. The standard InChI is InChI=1S/C13H14N2S/c14-9-11-4-6-12(7-5-11)10-16-13-3-1-2-8-15-13/h1-8H,9-10,14H2. The van der Waals surface area contributed by atoms with Gasteiger partial charge >= 0.3 is 0 Å². The normalized spacial score (nSPS) is 10.3. The third-order valence-electron chi connectivity index (χ3n) is 2.28. The van der Waals surface area contributed by atoms with Gasteiger partial charge in [0, 0.05) is 18.5 Å². The Hall–Kier alpha value is -1.32. The lowest BCUT2D eigenvalue weighted by atomic mass is 10.1. The van der Waals surface area contributed by atoms with Gasteiger partial charge in [-0.05, 0) is 23.3 Å². The summed E-state index contributed by atoms with van der Waals surface area (Å²) in [5.74, 6) is 0.946. The van der Waals surface area contributed by atoms with Crippen molar-refractivity contribution in [2.45, 2.75) is 17.3 Å². The van der Waals surface area contributed by atoms with Crippen molar-refractivity contribution in [3.8, 4) is 0 Å². The van der Waals surface area contributed by atoms with Crippen LogP contribution in [0.3, 0.4) is 0 Å². The number of rotatable bonds is 4. The molecule has 0 saturated heterocycles. The highest BCUT2D eigenvalue weighted by Gasteiger charge is 1.97. The maximum absolute atomic E-state index is 5.55. The van der Waals surface area contributed by atoms with Gasteiger partial charge in [-0.25, -0.2) is 4.98 Å². The molecule has 0 atom stereocenters. The van der Waals surface area contributed by atoms with Gasteiger partial charge in [0.15, 0.2) is 0 Å². The van der Waals surface area contributed by atoms with Crippen molar-refractivity contribution in [2.24, 2.45) is 5.73 Å². The van der Waals surface area contributed by atoms with Crippen LogP contribution in [-0.4, -0.2) is 4.98 Å². The van der Waals surface area contributed by atoms with Gasteiger partial charge in [0.05, 0.1) is 5.03 Å². The molecule has 2 aromatic rings. The number of nitrogens with zero attached hydrogens (tertiary/aromatic N) is 1. The highest BCUT2D eigenvalue weighted by Crippen LogP contribution is 2.20. The lowest BCUT2D eigenvalue weighted by Crippen LogP contribution is -1.95. The molecule has 0 unspecified atom stereocenters. The zero-order valence-electron chi connectivity index (χ0n) is 8.97. The van der Waals surface area contributed by atoms with Crippen LogP contribution in [0.2, 0.25) is 0 Å². The number of hydrogen-bond acceptors (Lipinski definition) is 3. The summed E-state index contributed by atoms with van der Waals surface area (Å²) in [5, 5.41) is 1.06. The van der Waals surface area contributed by atoms with Gasteiger partial charge in [-0.2, -0.15) is 0 Å². The van der Waals surface area contributed by atoms with Crippen LogP contribution >= 0.6 is 11.8 Å². The summed E-state index contributed by atoms with van der Waals surface area (Å²) in [6.07, 6.45) is 1.82. The molecular weight excluding hydrogens is 216 g/mol. The van der Waals surface area contributed by atoms with E-state index in [0.717, 1.165) is 10.8 Å². The molecule has 0 bridgehead atoms. The Bertz CT molecular complexity index is 425. The lowest BCUT2D eigenvalue weighted by Gasteiger charge is -2.02. The smallest absolute Gasteiger partial charge is 0.0963 e. The minimum absolute atomic E-state index is 0.605. The molecule has 1 aromatic carbocycles. The van der Waals surface area contributed by atoms with Crippen molar-refractivity contribution in [3.05, 3.63) is 59.8 Å². The van der Waals surface area contributed by atoms with E-state index in [1.54, 1.807) is 11.8 Å². The Morgan fingerprint density at radius 2 is 1.75 bits per heavy atom. The van der Waals surface area contributed by atoms with Crippen LogP contribution in [0.15, 0.2) is 53.7 Å². The van der Waals surface area contributed by atoms with Gasteiger partial charge < -0.3 is 5.73 Å². The van der Waals surface area contributed by atoms with Gasteiger partial charge in [0.2, 0.25) is 0 Å². The number of benzene rings is 1. The van der Waals surface area contributed by atoms with Crippen molar-refractivity contribution in [3.63, 3.8) is 0 Å². The highest BCUT2D eigenvalue weighted by atomic mass is 32.2. The van der Waals surface area contributed by atoms with Crippen molar-refractivity contribution in [1.82, 2.24) is 4.98 Å². The predicted molar refractivity (Wildman–Crippen MR) is 68.1 cm³/mol. The fourth-order valence-corrected chi connectivity index (χ4v) is 2.18. The molecule has 2 rings (SSSR count). The topological polar surface area (TPSA) is 38.9 Å². The Morgan fingerprint density at radius 1 is 1.00 bits per heavy atom. The molecule has 2 N–H and O–H groups in total. The van der Waals surface area contributed by atoms with Crippen LogP contribution in [0.4, 0.5) is 0 Å². The van der Waals surface area contributed by atoms with Gasteiger partial charge in [0.1, 0.15) is 0 Å². The van der Waals surface area contributed by atoms with Gasteiger partial charge in [0.25, 0.3) is 0 Å². The zero-order chi connectivity index (χ0) is 11.2. The maximum atomic E-state index is 5.55. The lowest BCUT2D eigenvalue weighted by molar-refractivity contribution is 1.07. The molecule has 1 aromatic heterocycles. The fraction of sp³-hybridized carbons (Fsp3) is 0.154. The molecule has 16 heavy (non-hydrogen) atoms. The summed E-state index contributed by atoms with van der Waals surface area (Å²) >= 11 is 1.74. The molecule has 0 amide bonds. The van der Waals surface area contributed by atoms with Crippen LogP contribution in [0, 0.1) is 0 Å². The van der Waals surface area contributed by atoms with Gasteiger partial charge in [-0.1, -0.05) is 30.3 Å². The third kappa shape index (κ3) is 3.08. The van der Waals surface area contributed by atoms with Crippen molar-refractivity contribution < 1.29 is 0 Å².